The van der Waals surface area contributed by atoms with Gasteiger partial charge in [-0.25, -0.2) is 0 Å². The first-order valence-corrected chi connectivity index (χ1v) is 8.16. The number of likely N-dealkylation sites (tertiary alicyclic amines) is 1. The van der Waals surface area contributed by atoms with Crippen LogP contribution in [0.2, 0.25) is 0 Å². The molecule has 1 amide bonds. The minimum Gasteiger partial charge on any atom is -0.338 e. The zero-order valence-corrected chi connectivity index (χ0v) is 13.3. The summed E-state index contributed by atoms with van der Waals surface area (Å²) >= 11 is 0. The summed E-state index contributed by atoms with van der Waals surface area (Å²) < 4.78 is 0. The Balaban J connectivity index is 1.85. The topological polar surface area (TPSA) is 32.7 Å². The Labute approximate surface area is 132 Å². The molecule has 0 unspecified atom stereocenters. The molecule has 1 saturated carbocycles. The third kappa shape index (κ3) is 2.39. The minimum atomic E-state index is -0.336. The summed E-state index contributed by atoms with van der Waals surface area (Å²) in [6.45, 7) is 8.13. The number of benzene rings is 1. The summed E-state index contributed by atoms with van der Waals surface area (Å²) in [5.74, 6) is 0.612. The fourth-order valence-electron chi connectivity index (χ4n) is 4.03. The molecule has 0 bridgehead atoms. The third-order valence-electron chi connectivity index (χ3n) is 5.15. The van der Waals surface area contributed by atoms with Crippen LogP contribution in [-0.4, -0.2) is 29.6 Å². The minimum absolute atomic E-state index is 0.268. The number of hydrogen-bond acceptors (Lipinski definition) is 2. The van der Waals surface area contributed by atoms with E-state index in [1.165, 1.54) is 5.56 Å². The van der Waals surface area contributed by atoms with Gasteiger partial charge in [0.15, 0.2) is 0 Å². The molecule has 0 N–H and O–H groups in total. The van der Waals surface area contributed by atoms with E-state index in [1.807, 2.05) is 29.2 Å². The van der Waals surface area contributed by atoms with Crippen LogP contribution in [-0.2, 0) is 11.3 Å². The zero-order valence-electron chi connectivity index (χ0n) is 13.3. The molecule has 116 valence electrons. The van der Waals surface area contributed by atoms with E-state index < -0.39 is 0 Å². The van der Waals surface area contributed by atoms with Gasteiger partial charge in [-0.2, -0.15) is 0 Å². The zero-order chi connectivity index (χ0) is 15.6. The molecular formula is C19H24N2O. The molecule has 2 atom stereocenters. The van der Waals surface area contributed by atoms with Crippen LogP contribution < -0.4 is 0 Å². The van der Waals surface area contributed by atoms with E-state index in [2.05, 4.69) is 25.6 Å². The summed E-state index contributed by atoms with van der Waals surface area (Å²) in [7, 11) is 0. The Hall–Kier alpha value is -1.90. The Morgan fingerprint density at radius 1 is 1.41 bits per heavy atom. The lowest BCUT2D eigenvalue weighted by Gasteiger charge is -2.27. The van der Waals surface area contributed by atoms with Crippen molar-refractivity contribution in [3.8, 4) is 0 Å². The van der Waals surface area contributed by atoms with Crippen LogP contribution in [0.1, 0.15) is 31.7 Å². The number of rotatable bonds is 4. The highest BCUT2D eigenvalue weighted by Gasteiger charge is 2.56. The van der Waals surface area contributed by atoms with Gasteiger partial charge in [-0.05, 0) is 30.7 Å². The molecule has 2 aliphatic rings. The molecule has 3 rings (SSSR count). The smallest absolute Gasteiger partial charge is 0.235 e. The van der Waals surface area contributed by atoms with Crippen molar-refractivity contribution in [2.24, 2.45) is 16.3 Å². The van der Waals surface area contributed by atoms with E-state index in [9.17, 15) is 4.79 Å². The maximum atomic E-state index is 12.9. The van der Waals surface area contributed by atoms with Gasteiger partial charge in [0.05, 0.1) is 12.0 Å². The Kier molecular flexibility index (Phi) is 4.14. The number of aliphatic imine (C=N–C) groups is 1. The molecule has 0 aromatic heterocycles. The maximum Gasteiger partial charge on any atom is 0.235 e. The van der Waals surface area contributed by atoms with Crippen LogP contribution >= 0.6 is 0 Å². The summed E-state index contributed by atoms with van der Waals surface area (Å²) in [5.41, 5.74) is 2.00. The van der Waals surface area contributed by atoms with Crippen molar-refractivity contribution in [1.82, 2.24) is 4.90 Å². The Morgan fingerprint density at radius 3 is 2.91 bits per heavy atom. The lowest BCUT2D eigenvalue weighted by molar-refractivity contribution is -0.133. The fourth-order valence-corrected chi connectivity index (χ4v) is 4.03. The first-order chi connectivity index (χ1) is 10.7. The van der Waals surface area contributed by atoms with Crippen LogP contribution in [0.5, 0.6) is 0 Å². The van der Waals surface area contributed by atoms with Crippen molar-refractivity contribution in [2.45, 2.75) is 32.7 Å². The highest BCUT2D eigenvalue weighted by Crippen LogP contribution is 2.48. The Bertz CT molecular complexity index is 593. The molecule has 0 radical (unpaired) electrons. The first kappa shape index (κ1) is 15.0. The van der Waals surface area contributed by atoms with E-state index in [1.54, 1.807) is 0 Å². The van der Waals surface area contributed by atoms with Crippen LogP contribution in [0, 0.1) is 11.3 Å². The van der Waals surface area contributed by atoms with Gasteiger partial charge in [0.25, 0.3) is 0 Å². The van der Waals surface area contributed by atoms with Crippen molar-refractivity contribution < 1.29 is 4.79 Å². The molecule has 1 aliphatic carbocycles. The van der Waals surface area contributed by atoms with E-state index in [0.29, 0.717) is 19.0 Å². The van der Waals surface area contributed by atoms with Crippen molar-refractivity contribution >= 4 is 11.6 Å². The fraction of sp³-hybridized carbons (Fsp3) is 0.474. The molecule has 1 aliphatic heterocycles. The predicted octanol–water partition coefficient (Wildman–Crippen LogP) is 3.46. The van der Waals surface area contributed by atoms with Crippen LogP contribution in [0.25, 0.3) is 0 Å². The predicted molar refractivity (Wildman–Crippen MR) is 89.8 cm³/mol. The average Bonchev–Trinajstić information content (AvgIpc) is 3.06. The summed E-state index contributed by atoms with van der Waals surface area (Å²) in [4.78, 5) is 19.8. The van der Waals surface area contributed by atoms with Crippen molar-refractivity contribution in [3.05, 3.63) is 48.6 Å². The molecule has 22 heavy (non-hydrogen) atoms. The number of carbonyl (C=O) groups excluding carboxylic acids is 1. The lowest BCUT2D eigenvalue weighted by atomic mass is 9.75. The van der Waals surface area contributed by atoms with Gasteiger partial charge >= 0.3 is 0 Å². The summed E-state index contributed by atoms with van der Waals surface area (Å²) in [6.07, 6.45) is 4.81. The standard InChI is InChI=1S/C19H24N2O/c1-3-12-21-14-15(2)19(18(21)22)11-7-10-17(19)20-13-16-8-5-4-6-9-16/h3-6,8-9,15H,1,7,10-14H2,2H3/t15-,19-/m1/s1. The van der Waals surface area contributed by atoms with Crippen molar-refractivity contribution in [2.75, 3.05) is 13.1 Å². The van der Waals surface area contributed by atoms with Gasteiger partial charge < -0.3 is 4.90 Å². The quantitative estimate of drug-likeness (QED) is 0.783. The van der Waals surface area contributed by atoms with Gasteiger partial charge in [-0.1, -0.05) is 43.3 Å². The second-order valence-corrected chi connectivity index (χ2v) is 6.47. The molecule has 2 fully saturated rings. The van der Waals surface area contributed by atoms with Gasteiger partial charge in [0.2, 0.25) is 5.91 Å². The lowest BCUT2D eigenvalue weighted by Crippen LogP contribution is -2.39. The molecule has 1 spiro atoms. The number of amides is 1. The molecule has 1 saturated heterocycles. The molecule has 1 aromatic rings. The highest BCUT2D eigenvalue weighted by atomic mass is 16.2. The highest BCUT2D eigenvalue weighted by molar-refractivity contribution is 6.11. The van der Waals surface area contributed by atoms with E-state index in [4.69, 9.17) is 4.99 Å². The largest absolute Gasteiger partial charge is 0.338 e. The van der Waals surface area contributed by atoms with Crippen LogP contribution in [0.15, 0.2) is 48.0 Å². The summed E-state index contributed by atoms with van der Waals surface area (Å²) in [5, 5.41) is 0. The second-order valence-electron chi connectivity index (χ2n) is 6.47. The van der Waals surface area contributed by atoms with E-state index >= 15 is 0 Å². The molecular weight excluding hydrogens is 272 g/mol. The van der Waals surface area contributed by atoms with Crippen molar-refractivity contribution in [1.29, 1.82) is 0 Å². The number of hydrogen-bond donors (Lipinski definition) is 0. The monoisotopic (exact) mass is 296 g/mol. The second kappa shape index (κ2) is 6.07. The van der Waals surface area contributed by atoms with Crippen LogP contribution in [0.4, 0.5) is 0 Å². The maximum absolute atomic E-state index is 12.9. The van der Waals surface area contributed by atoms with Crippen molar-refractivity contribution in [3.63, 3.8) is 0 Å². The Morgan fingerprint density at radius 2 is 2.18 bits per heavy atom. The van der Waals surface area contributed by atoms with Gasteiger partial charge in [-0.15, -0.1) is 6.58 Å². The van der Waals surface area contributed by atoms with Crippen LogP contribution in [0.3, 0.4) is 0 Å². The molecule has 1 aromatic carbocycles. The van der Waals surface area contributed by atoms with E-state index in [0.717, 1.165) is 31.5 Å². The molecule has 3 heteroatoms. The molecule has 1 heterocycles. The number of carbonyl (C=O) groups is 1. The SMILES string of the molecule is C=CCN1C[C@@H](C)[C@@]2(CCCC2=NCc2ccccc2)C1=O. The first-order valence-electron chi connectivity index (χ1n) is 8.16. The third-order valence-corrected chi connectivity index (χ3v) is 5.15. The van der Waals surface area contributed by atoms with Gasteiger partial charge in [0, 0.05) is 18.8 Å². The van der Waals surface area contributed by atoms with E-state index in [-0.39, 0.29) is 11.3 Å². The van der Waals surface area contributed by atoms with Gasteiger partial charge in [0.1, 0.15) is 0 Å². The summed E-state index contributed by atoms with van der Waals surface area (Å²) in [6, 6.07) is 10.3. The number of nitrogens with zero attached hydrogens (tertiary/aromatic N) is 2. The average molecular weight is 296 g/mol. The van der Waals surface area contributed by atoms with Gasteiger partial charge in [-0.3, -0.25) is 9.79 Å². The molecule has 3 nitrogen and oxygen atoms in total. The normalized spacial score (nSPS) is 29.7.